The summed E-state index contributed by atoms with van der Waals surface area (Å²) in [6.07, 6.45) is 1.79. The molecule has 0 saturated heterocycles. The van der Waals surface area contributed by atoms with E-state index in [0.717, 1.165) is 10.9 Å². The van der Waals surface area contributed by atoms with Gasteiger partial charge in [0.2, 0.25) is 0 Å². The number of esters is 1. The van der Waals surface area contributed by atoms with Gasteiger partial charge >= 0.3 is 5.97 Å². The van der Waals surface area contributed by atoms with E-state index in [-0.39, 0.29) is 5.97 Å². The molecule has 1 aromatic carbocycles. The van der Waals surface area contributed by atoms with E-state index < -0.39 is 0 Å². The van der Waals surface area contributed by atoms with E-state index in [1.807, 2.05) is 12.1 Å². The van der Waals surface area contributed by atoms with E-state index in [1.54, 1.807) is 12.3 Å². The minimum atomic E-state index is -0.365. The van der Waals surface area contributed by atoms with E-state index in [0.29, 0.717) is 11.5 Å². The molecule has 0 bridgehead atoms. The zero-order valence-electron chi connectivity index (χ0n) is 8.53. The lowest BCUT2D eigenvalue weighted by molar-refractivity contribution is -0.131. The fraction of sp³-hybridized carbons (Fsp3) is 0.182. The standard InChI is InChI=1S/C11H11NO3/c1-7(13)15-11-9(14-2)4-3-8-5-6-12-10(8)11/h3-6,12H,1-2H3. The van der Waals surface area contributed by atoms with Gasteiger partial charge in [-0.15, -0.1) is 0 Å². The first-order valence-electron chi connectivity index (χ1n) is 4.55. The molecule has 2 rings (SSSR count). The molecule has 1 aromatic heterocycles. The highest BCUT2D eigenvalue weighted by molar-refractivity contribution is 5.90. The predicted molar refractivity (Wildman–Crippen MR) is 56.2 cm³/mol. The highest BCUT2D eigenvalue weighted by Gasteiger charge is 2.12. The fourth-order valence-electron chi connectivity index (χ4n) is 1.49. The highest BCUT2D eigenvalue weighted by Crippen LogP contribution is 2.34. The summed E-state index contributed by atoms with van der Waals surface area (Å²) in [5.41, 5.74) is 0.768. The molecule has 4 heteroatoms. The van der Waals surface area contributed by atoms with Crippen LogP contribution >= 0.6 is 0 Å². The lowest BCUT2D eigenvalue weighted by Crippen LogP contribution is -2.03. The van der Waals surface area contributed by atoms with Gasteiger partial charge in [-0.05, 0) is 18.2 Å². The number of H-pyrrole nitrogens is 1. The molecule has 4 nitrogen and oxygen atoms in total. The largest absolute Gasteiger partial charge is 0.493 e. The molecule has 15 heavy (non-hydrogen) atoms. The molecule has 0 aliphatic rings. The van der Waals surface area contributed by atoms with E-state index >= 15 is 0 Å². The Kier molecular flexibility index (Phi) is 2.33. The molecule has 1 N–H and O–H groups in total. The Morgan fingerprint density at radius 1 is 1.33 bits per heavy atom. The third kappa shape index (κ3) is 1.66. The zero-order chi connectivity index (χ0) is 10.8. The first kappa shape index (κ1) is 9.58. The summed E-state index contributed by atoms with van der Waals surface area (Å²) in [5, 5.41) is 0.979. The van der Waals surface area contributed by atoms with Gasteiger partial charge in [0.25, 0.3) is 0 Å². The summed E-state index contributed by atoms with van der Waals surface area (Å²) in [7, 11) is 1.54. The molecule has 0 aliphatic heterocycles. The van der Waals surface area contributed by atoms with Gasteiger partial charge < -0.3 is 14.5 Å². The van der Waals surface area contributed by atoms with Crippen molar-refractivity contribution in [1.29, 1.82) is 0 Å². The second-order valence-corrected chi connectivity index (χ2v) is 3.13. The molecular weight excluding hydrogens is 194 g/mol. The van der Waals surface area contributed by atoms with Crippen molar-refractivity contribution in [1.82, 2.24) is 4.98 Å². The van der Waals surface area contributed by atoms with Gasteiger partial charge in [0.1, 0.15) is 0 Å². The second-order valence-electron chi connectivity index (χ2n) is 3.13. The fourth-order valence-corrected chi connectivity index (χ4v) is 1.49. The van der Waals surface area contributed by atoms with Crippen molar-refractivity contribution in [2.75, 3.05) is 7.11 Å². The van der Waals surface area contributed by atoms with Crippen molar-refractivity contribution >= 4 is 16.9 Å². The van der Waals surface area contributed by atoms with Crippen molar-refractivity contribution in [3.05, 3.63) is 24.4 Å². The molecule has 0 atom stereocenters. The number of fused-ring (bicyclic) bond motifs is 1. The molecule has 2 aromatic rings. The number of carbonyl (C=O) groups excluding carboxylic acids is 1. The average molecular weight is 205 g/mol. The number of aromatic nitrogens is 1. The van der Waals surface area contributed by atoms with Crippen molar-refractivity contribution in [3.63, 3.8) is 0 Å². The Balaban J connectivity index is 2.62. The quantitative estimate of drug-likeness (QED) is 0.603. The number of ether oxygens (including phenoxy) is 2. The van der Waals surface area contributed by atoms with E-state index in [9.17, 15) is 4.79 Å². The number of methoxy groups -OCH3 is 1. The average Bonchev–Trinajstić information content (AvgIpc) is 2.65. The number of carbonyl (C=O) groups is 1. The number of rotatable bonds is 2. The first-order chi connectivity index (χ1) is 7.22. The van der Waals surface area contributed by atoms with Gasteiger partial charge in [-0.1, -0.05) is 0 Å². The lowest BCUT2D eigenvalue weighted by atomic mass is 10.2. The minimum Gasteiger partial charge on any atom is -0.493 e. The molecule has 0 spiro atoms. The third-order valence-corrected chi connectivity index (χ3v) is 2.11. The van der Waals surface area contributed by atoms with Crippen LogP contribution in [0.15, 0.2) is 24.4 Å². The molecular formula is C11H11NO3. The van der Waals surface area contributed by atoms with Crippen LogP contribution in [0.5, 0.6) is 11.5 Å². The number of benzene rings is 1. The second kappa shape index (κ2) is 3.65. The topological polar surface area (TPSA) is 51.3 Å². The Hall–Kier alpha value is -1.97. The molecule has 0 fully saturated rings. The van der Waals surface area contributed by atoms with Crippen LogP contribution in [-0.4, -0.2) is 18.1 Å². The van der Waals surface area contributed by atoms with Crippen LogP contribution in [0.3, 0.4) is 0 Å². The van der Waals surface area contributed by atoms with E-state index in [4.69, 9.17) is 9.47 Å². The highest BCUT2D eigenvalue weighted by atomic mass is 16.6. The van der Waals surface area contributed by atoms with Gasteiger partial charge in [-0.25, -0.2) is 0 Å². The summed E-state index contributed by atoms with van der Waals surface area (Å²) in [6.45, 7) is 1.36. The first-order valence-corrected chi connectivity index (χ1v) is 4.55. The number of hydrogen-bond acceptors (Lipinski definition) is 3. The van der Waals surface area contributed by atoms with Gasteiger partial charge in [0.15, 0.2) is 11.5 Å². The molecule has 78 valence electrons. The van der Waals surface area contributed by atoms with Crippen molar-refractivity contribution in [2.24, 2.45) is 0 Å². The summed E-state index contributed by atoms with van der Waals surface area (Å²) < 4.78 is 10.2. The predicted octanol–water partition coefficient (Wildman–Crippen LogP) is 2.10. The van der Waals surface area contributed by atoms with Crippen LogP contribution in [0.25, 0.3) is 10.9 Å². The van der Waals surface area contributed by atoms with Crippen molar-refractivity contribution in [3.8, 4) is 11.5 Å². The summed E-state index contributed by atoms with van der Waals surface area (Å²) in [4.78, 5) is 14.0. The Morgan fingerprint density at radius 2 is 2.13 bits per heavy atom. The van der Waals surface area contributed by atoms with Gasteiger partial charge in [-0.3, -0.25) is 4.79 Å². The SMILES string of the molecule is COc1ccc2cc[nH]c2c1OC(C)=O. The third-order valence-electron chi connectivity index (χ3n) is 2.11. The zero-order valence-corrected chi connectivity index (χ0v) is 8.53. The molecule has 0 unspecified atom stereocenters. The molecule has 0 aliphatic carbocycles. The van der Waals surface area contributed by atoms with Gasteiger partial charge in [0, 0.05) is 18.5 Å². The van der Waals surface area contributed by atoms with Crippen LogP contribution in [0.2, 0.25) is 0 Å². The Morgan fingerprint density at radius 3 is 2.80 bits per heavy atom. The molecule has 0 amide bonds. The number of nitrogens with one attached hydrogen (secondary N) is 1. The summed E-state index contributed by atoms with van der Waals surface area (Å²) in [6, 6.07) is 5.58. The molecule has 0 radical (unpaired) electrons. The summed E-state index contributed by atoms with van der Waals surface area (Å²) in [5.74, 6) is 0.614. The van der Waals surface area contributed by atoms with Gasteiger partial charge in [-0.2, -0.15) is 0 Å². The Bertz CT molecular complexity index is 502. The van der Waals surface area contributed by atoms with Crippen LogP contribution in [0, 0.1) is 0 Å². The normalized spacial score (nSPS) is 10.3. The monoisotopic (exact) mass is 205 g/mol. The van der Waals surface area contributed by atoms with E-state index in [1.165, 1.54) is 14.0 Å². The minimum absolute atomic E-state index is 0.365. The maximum Gasteiger partial charge on any atom is 0.308 e. The molecule has 1 heterocycles. The van der Waals surface area contributed by atoms with Crippen LogP contribution < -0.4 is 9.47 Å². The van der Waals surface area contributed by atoms with Gasteiger partial charge in [0.05, 0.1) is 12.6 Å². The number of hydrogen-bond donors (Lipinski definition) is 1. The van der Waals surface area contributed by atoms with Crippen molar-refractivity contribution in [2.45, 2.75) is 6.92 Å². The van der Waals surface area contributed by atoms with Crippen LogP contribution in [0.1, 0.15) is 6.92 Å². The van der Waals surface area contributed by atoms with Crippen LogP contribution in [0.4, 0.5) is 0 Å². The maximum atomic E-state index is 11.0. The smallest absolute Gasteiger partial charge is 0.308 e. The maximum absolute atomic E-state index is 11.0. The lowest BCUT2D eigenvalue weighted by Gasteiger charge is -2.08. The van der Waals surface area contributed by atoms with E-state index in [2.05, 4.69) is 4.98 Å². The van der Waals surface area contributed by atoms with Crippen molar-refractivity contribution < 1.29 is 14.3 Å². The van der Waals surface area contributed by atoms with Crippen LogP contribution in [-0.2, 0) is 4.79 Å². The molecule has 0 saturated carbocycles. The summed E-state index contributed by atoms with van der Waals surface area (Å²) >= 11 is 0. The number of aromatic amines is 1. The Labute approximate surface area is 86.8 Å².